The number of Topliss-reactive ketones (excluding diaryl/α,β-unsaturated/α-hetero) is 1. The summed E-state index contributed by atoms with van der Waals surface area (Å²) in [4.78, 5) is 12.3. The minimum absolute atomic E-state index is 0.0662. The number of carbonyl (C=O) groups excluding carboxylic acids is 1. The monoisotopic (exact) mass is 707 g/mol. The van der Waals surface area contributed by atoms with Crippen molar-refractivity contribution in [2.75, 3.05) is 46.2 Å². The molecular formula is C44H70N2O5. The minimum Gasteiger partial charge on any atom is -0.496 e. The molecule has 1 rings (SSSR count). The van der Waals surface area contributed by atoms with Crippen molar-refractivity contribution in [1.82, 2.24) is 0 Å². The average Bonchev–Trinajstić information content (AvgIpc) is 3.13. The third-order valence-corrected chi connectivity index (χ3v) is 8.15. The van der Waals surface area contributed by atoms with E-state index in [0.717, 1.165) is 102 Å². The molecule has 0 saturated heterocycles. The molecule has 0 spiro atoms. The Bertz CT molecular complexity index is 1100. The molecule has 0 aromatic heterocycles. The van der Waals surface area contributed by atoms with Crippen LogP contribution in [-0.2, 0) is 23.7 Å². The van der Waals surface area contributed by atoms with Crippen LogP contribution in [0.1, 0.15) is 103 Å². The summed E-state index contributed by atoms with van der Waals surface area (Å²) in [5.41, 5.74) is 12.7. The van der Waals surface area contributed by atoms with Crippen molar-refractivity contribution in [1.29, 1.82) is 0 Å². The average molecular weight is 707 g/mol. The van der Waals surface area contributed by atoms with Crippen LogP contribution in [0, 0.1) is 5.92 Å². The summed E-state index contributed by atoms with van der Waals surface area (Å²) in [5, 5.41) is 0. The van der Waals surface area contributed by atoms with Gasteiger partial charge in [-0.25, -0.2) is 0 Å². The first kappa shape index (κ1) is 45.8. The van der Waals surface area contributed by atoms with Gasteiger partial charge in [0.15, 0.2) is 0 Å². The SMILES string of the molecule is C/C=C(\N)CCC1COC/C=C/C/C=C/CCCOCC/C=C/C/C=C/COCC(CCN)C/C=C/C/C=C/CCC(=O)CC/C=C/C/C=C/O1. The highest BCUT2D eigenvalue weighted by Gasteiger charge is 2.09. The zero-order valence-corrected chi connectivity index (χ0v) is 31.7. The van der Waals surface area contributed by atoms with E-state index < -0.39 is 0 Å². The van der Waals surface area contributed by atoms with Crippen LogP contribution in [-0.4, -0.2) is 58.1 Å². The smallest absolute Gasteiger partial charge is 0.133 e. The Kier molecular flexibility index (Phi) is 32.8. The molecule has 7 heteroatoms. The molecule has 1 aliphatic heterocycles. The number of rotatable bonds is 5. The van der Waals surface area contributed by atoms with Crippen LogP contribution in [0.5, 0.6) is 0 Å². The van der Waals surface area contributed by atoms with E-state index >= 15 is 0 Å². The summed E-state index contributed by atoms with van der Waals surface area (Å²) in [5.74, 6) is 0.730. The fourth-order valence-corrected chi connectivity index (χ4v) is 5.01. The van der Waals surface area contributed by atoms with Crippen LogP contribution in [0.4, 0.5) is 0 Å². The third-order valence-electron chi connectivity index (χ3n) is 8.15. The van der Waals surface area contributed by atoms with Crippen LogP contribution >= 0.6 is 0 Å². The topological polar surface area (TPSA) is 106 Å². The van der Waals surface area contributed by atoms with Gasteiger partial charge in [0.25, 0.3) is 0 Å². The Morgan fingerprint density at radius 2 is 1.27 bits per heavy atom. The highest BCUT2D eigenvalue weighted by atomic mass is 16.5. The Labute approximate surface area is 311 Å². The van der Waals surface area contributed by atoms with Crippen LogP contribution in [0.3, 0.4) is 0 Å². The van der Waals surface area contributed by atoms with Gasteiger partial charge in [0.2, 0.25) is 0 Å². The van der Waals surface area contributed by atoms with E-state index in [0.29, 0.717) is 57.5 Å². The van der Waals surface area contributed by atoms with Crippen LogP contribution in [0.25, 0.3) is 0 Å². The number of hydrogen-bond acceptors (Lipinski definition) is 7. The van der Waals surface area contributed by atoms with Gasteiger partial charge in [-0.15, -0.1) is 0 Å². The molecule has 0 saturated carbocycles. The van der Waals surface area contributed by atoms with E-state index in [4.69, 9.17) is 30.4 Å². The van der Waals surface area contributed by atoms with E-state index in [1.165, 1.54) is 0 Å². The van der Waals surface area contributed by atoms with Crippen molar-refractivity contribution in [3.63, 3.8) is 0 Å². The summed E-state index contributed by atoms with van der Waals surface area (Å²) >= 11 is 0. The molecule has 7 nitrogen and oxygen atoms in total. The predicted octanol–water partition coefficient (Wildman–Crippen LogP) is 9.70. The maximum absolute atomic E-state index is 12.3. The van der Waals surface area contributed by atoms with E-state index in [2.05, 4.69) is 85.1 Å². The molecule has 1 aliphatic rings. The zero-order chi connectivity index (χ0) is 36.7. The second-order valence-electron chi connectivity index (χ2n) is 12.7. The first-order valence-electron chi connectivity index (χ1n) is 19.4. The number of allylic oxidation sites excluding steroid dienone is 14. The van der Waals surface area contributed by atoms with E-state index in [-0.39, 0.29) is 6.10 Å². The fourth-order valence-electron chi connectivity index (χ4n) is 5.01. The molecule has 51 heavy (non-hydrogen) atoms. The van der Waals surface area contributed by atoms with Crippen molar-refractivity contribution < 1.29 is 23.7 Å². The molecule has 0 aliphatic carbocycles. The van der Waals surface area contributed by atoms with Gasteiger partial charge >= 0.3 is 0 Å². The second-order valence-corrected chi connectivity index (χ2v) is 12.7. The molecule has 2 unspecified atom stereocenters. The van der Waals surface area contributed by atoms with Gasteiger partial charge in [-0.2, -0.15) is 0 Å². The number of ketones is 1. The lowest BCUT2D eigenvalue weighted by molar-refractivity contribution is -0.118. The Morgan fingerprint density at radius 3 is 1.94 bits per heavy atom. The molecule has 4 N–H and O–H groups in total. The Balaban J connectivity index is 2.57. The van der Waals surface area contributed by atoms with Gasteiger partial charge < -0.3 is 30.4 Å². The quantitative estimate of drug-likeness (QED) is 0.274. The minimum atomic E-state index is -0.0662. The molecule has 0 aromatic rings. The zero-order valence-electron chi connectivity index (χ0n) is 31.7. The normalized spacial score (nSPS) is 27.3. The second kappa shape index (κ2) is 36.6. The Morgan fingerprint density at radius 1 is 0.686 bits per heavy atom. The summed E-state index contributed by atoms with van der Waals surface area (Å²) in [6, 6.07) is 0. The first-order chi connectivity index (χ1) is 25.2. The third kappa shape index (κ3) is 32.4. The van der Waals surface area contributed by atoms with Gasteiger partial charge in [-0.05, 0) is 109 Å². The van der Waals surface area contributed by atoms with E-state index in [9.17, 15) is 4.79 Å². The molecule has 0 bridgehead atoms. The number of nitrogens with two attached hydrogens (primary N) is 2. The van der Waals surface area contributed by atoms with Gasteiger partial charge in [-0.3, -0.25) is 4.79 Å². The van der Waals surface area contributed by atoms with Crippen molar-refractivity contribution in [3.05, 3.63) is 109 Å². The Hall–Kier alpha value is -3.23. The summed E-state index contributed by atoms with van der Waals surface area (Å²) < 4.78 is 23.5. The first-order valence-corrected chi connectivity index (χ1v) is 19.4. The van der Waals surface area contributed by atoms with Crippen LogP contribution < -0.4 is 11.5 Å². The van der Waals surface area contributed by atoms with Crippen molar-refractivity contribution in [2.45, 2.75) is 109 Å². The lowest BCUT2D eigenvalue weighted by atomic mass is 10.0. The molecular weight excluding hydrogens is 636 g/mol. The molecule has 0 aromatic carbocycles. The van der Waals surface area contributed by atoms with Gasteiger partial charge in [-0.1, -0.05) is 91.1 Å². The molecule has 0 amide bonds. The summed E-state index contributed by atoms with van der Waals surface area (Å²) in [7, 11) is 0. The van der Waals surface area contributed by atoms with Gasteiger partial charge in [0.1, 0.15) is 11.9 Å². The number of hydrogen-bond donors (Lipinski definition) is 2. The van der Waals surface area contributed by atoms with Crippen molar-refractivity contribution >= 4 is 5.78 Å². The van der Waals surface area contributed by atoms with Crippen LogP contribution in [0.2, 0.25) is 0 Å². The van der Waals surface area contributed by atoms with Crippen molar-refractivity contribution in [2.24, 2.45) is 17.4 Å². The molecule has 0 radical (unpaired) electrons. The summed E-state index contributed by atoms with van der Waals surface area (Å²) in [6.45, 7) is 6.55. The lowest BCUT2D eigenvalue weighted by Crippen LogP contribution is -2.19. The van der Waals surface area contributed by atoms with E-state index in [1.54, 1.807) is 6.26 Å². The number of carbonyl (C=O) groups is 1. The fraction of sp³-hybridized carbons (Fsp3) is 0.568. The predicted molar refractivity (Wildman–Crippen MR) is 215 cm³/mol. The highest BCUT2D eigenvalue weighted by molar-refractivity contribution is 5.78. The summed E-state index contributed by atoms with van der Waals surface area (Å²) in [6.07, 6.45) is 48.2. The molecule has 2 atom stereocenters. The van der Waals surface area contributed by atoms with Crippen molar-refractivity contribution in [3.8, 4) is 0 Å². The standard InChI is InChI=1S/C44H70N2O5/c1-2-42(46)30-31-44-40-50-37-25-16-7-3-6-14-22-34-48-35-23-15-8-9-17-24-36-49-39-41(32-33-45)27-19-11-4-5-12-20-28-43(47)29-21-13-10-18-26-38-51-44/h2-3,5-6,8,10-13,15-17,19,24-26,38,41,44H,4,7,9,14,18,20-23,27-37,39-40,45-46H2,1H3/b6-3+,12-5+,13-10+,15-8+,19-11+,24-17+,25-16+,38-26+,42-2-. The largest absolute Gasteiger partial charge is 0.496 e. The maximum atomic E-state index is 12.3. The van der Waals surface area contributed by atoms with Crippen LogP contribution in [0.15, 0.2) is 109 Å². The van der Waals surface area contributed by atoms with Gasteiger partial charge in [0, 0.05) is 25.1 Å². The lowest BCUT2D eigenvalue weighted by Gasteiger charge is -2.16. The van der Waals surface area contributed by atoms with E-state index in [1.807, 2.05) is 19.1 Å². The van der Waals surface area contributed by atoms with Gasteiger partial charge in [0.05, 0.1) is 39.3 Å². The molecule has 0 fully saturated rings. The molecule has 1 heterocycles. The number of ether oxygens (including phenoxy) is 4. The highest BCUT2D eigenvalue weighted by Crippen LogP contribution is 2.11. The molecule has 286 valence electrons. The maximum Gasteiger partial charge on any atom is 0.133 e.